The van der Waals surface area contributed by atoms with Gasteiger partial charge in [-0.1, -0.05) is 39.3 Å². The number of esters is 2. The molecule has 3 saturated carbocycles. The normalized spacial score (nSPS) is 45.8. The van der Waals surface area contributed by atoms with Crippen LogP contribution in [0.1, 0.15) is 98.3 Å². The van der Waals surface area contributed by atoms with Gasteiger partial charge in [0.25, 0.3) is 0 Å². The van der Waals surface area contributed by atoms with E-state index >= 15 is 0 Å². The average molecular weight is 589 g/mol. The van der Waals surface area contributed by atoms with E-state index in [2.05, 4.69) is 33.8 Å². The van der Waals surface area contributed by atoms with Crippen molar-refractivity contribution in [1.29, 1.82) is 0 Å². The van der Waals surface area contributed by atoms with Crippen molar-refractivity contribution in [2.75, 3.05) is 26.6 Å². The van der Waals surface area contributed by atoms with Crippen molar-refractivity contribution in [1.82, 2.24) is 0 Å². The third kappa shape index (κ3) is 5.26. The molecule has 0 aromatic carbocycles. The van der Waals surface area contributed by atoms with E-state index in [1.807, 2.05) is 0 Å². The Morgan fingerprint density at radius 1 is 1.05 bits per heavy atom. The first-order chi connectivity index (χ1) is 20.1. The Bertz CT molecular complexity index is 1050. The van der Waals surface area contributed by atoms with E-state index in [-0.39, 0.29) is 56.1 Å². The molecule has 8 nitrogen and oxygen atoms in total. The van der Waals surface area contributed by atoms with Crippen molar-refractivity contribution in [2.45, 2.75) is 116 Å². The minimum absolute atomic E-state index is 0.00475. The van der Waals surface area contributed by atoms with E-state index in [4.69, 9.17) is 28.8 Å². The number of carbonyl (C=O) groups is 2. The standard InChI is InChI=1S/C34H52O8/c1-21-9-14-34(40-19-21)22(2)31-28(42-34)18-27-25-6-5-23-17-24(10-12-32(23,3)26(25)11-13-33(27,31)4)41-30(37)8-7-29(36)39-20-38-16-15-35/h5,21-22,24-28,31,35H,6-20H2,1-4H3/t21-,22+,24+,25-,26+,27-,28+,31-,32+,33+,34-/m1/s1. The summed E-state index contributed by atoms with van der Waals surface area (Å²) < 4.78 is 29.1. The molecule has 5 fully saturated rings. The maximum absolute atomic E-state index is 12.5. The molecule has 4 aliphatic carbocycles. The zero-order valence-corrected chi connectivity index (χ0v) is 26.1. The summed E-state index contributed by atoms with van der Waals surface area (Å²) in [5, 5.41) is 8.70. The van der Waals surface area contributed by atoms with Crippen molar-refractivity contribution in [3.8, 4) is 0 Å². The van der Waals surface area contributed by atoms with Crippen LogP contribution in [-0.2, 0) is 33.3 Å². The van der Waals surface area contributed by atoms with E-state index in [0.29, 0.717) is 47.0 Å². The fourth-order valence-electron chi connectivity index (χ4n) is 10.5. The van der Waals surface area contributed by atoms with Crippen LogP contribution in [0, 0.1) is 46.3 Å². The highest BCUT2D eigenvalue weighted by atomic mass is 16.7. The molecule has 0 aromatic rings. The Labute approximate surface area is 251 Å². The van der Waals surface area contributed by atoms with Crippen LogP contribution < -0.4 is 0 Å². The van der Waals surface area contributed by atoms with Gasteiger partial charge in [-0.05, 0) is 85.4 Å². The number of carbonyl (C=O) groups excluding carboxylic acids is 2. The molecule has 1 N–H and O–H groups in total. The van der Waals surface area contributed by atoms with Crippen molar-refractivity contribution < 1.29 is 38.4 Å². The summed E-state index contributed by atoms with van der Waals surface area (Å²) in [5.74, 6) is 2.49. The number of aliphatic hydroxyl groups excluding tert-OH is 1. The minimum Gasteiger partial charge on any atom is -0.462 e. The molecule has 0 aromatic heterocycles. The van der Waals surface area contributed by atoms with Gasteiger partial charge in [-0.2, -0.15) is 0 Å². The second kappa shape index (κ2) is 11.8. The van der Waals surface area contributed by atoms with Gasteiger partial charge in [-0.3, -0.25) is 9.59 Å². The maximum Gasteiger partial charge on any atom is 0.308 e. The molecular weight excluding hydrogens is 536 g/mol. The Morgan fingerprint density at radius 3 is 2.62 bits per heavy atom. The lowest BCUT2D eigenvalue weighted by Crippen LogP contribution is -2.52. The summed E-state index contributed by atoms with van der Waals surface area (Å²) in [4.78, 5) is 24.4. The second-order valence-electron chi connectivity index (χ2n) is 14.9. The molecule has 0 radical (unpaired) electrons. The molecule has 236 valence electrons. The third-order valence-corrected chi connectivity index (χ3v) is 12.7. The molecule has 6 aliphatic rings. The molecule has 1 spiro atoms. The number of allylic oxidation sites excluding steroid dienone is 1. The maximum atomic E-state index is 12.5. The van der Waals surface area contributed by atoms with Crippen LogP contribution in [0.3, 0.4) is 0 Å². The zero-order valence-electron chi connectivity index (χ0n) is 26.1. The summed E-state index contributed by atoms with van der Waals surface area (Å²) in [6.45, 7) is 10.3. The van der Waals surface area contributed by atoms with Gasteiger partial charge in [0.2, 0.25) is 0 Å². The predicted octanol–water partition coefficient (Wildman–Crippen LogP) is 5.55. The van der Waals surface area contributed by atoms with E-state index in [0.717, 1.165) is 38.7 Å². The quantitative estimate of drug-likeness (QED) is 0.170. The van der Waals surface area contributed by atoms with Crippen LogP contribution in [0.4, 0.5) is 0 Å². The molecule has 6 rings (SSSR count). The summed E-state index contributed by atoms with van der Waals surface area (Å²) in [5.41, 5.74) is 1.95. The Kier molecular flexibility index (Phi) is 8.57. The summed E-state index contributed by atoms with van der Waals surface area (Å²) in [7, 11) is 0. The van der Waals surface area contributed by atoms with Crippen molar-refractivity contribution in [3.05, 3.63) is 11.6 Å². The molecule has 8 heteroatoms. The molecule has 2 saturated heterocycles. The van der Waals surface area contributed by atoms with Gasteiger partial charge in [-0.25, -0.2) is 0 Å². The fourth-order valence-corrected chi connectivity index (χ4v) is 10.5. The summed E-state index contributed by atoms with van der Waals surface area (Å²) >= 11 is 0. The van der Waals surface area contributed by atoms with Crippen LogP contribution in [-0.4, -0.2) is 61.7 Å². The monoisotopic (exact) mass is 588 g/mol. The Hall–Kier alpha value is -1.48. The highest BCUT2D eigenvalue weighted by molar-refractivity contribution is 5.77. The van der Waals surface area contributed by atoms with Gasteiger partial charge in [-0.15, -0.1) is 0 Å². The molecule has 2 heterocycles. The van der Waals surface area contributed by atoms with Crippen LogP contribution in [0.2, 0.25) is 0 Å². The number of hydrogen-bond acceptors (Lipinski definition) is 8. The van der Waals surface area contributed by atoms with Crippen molar-refractivity contribution in [3.63, 3.8) is 0 Å². The first-order valence-electron chi connectivity index (χ1n) is 16.6. The Morgan fingerprint density at radius 2 is 1.86 bits per heavy atom. The fraction of sp³-hybridized carbons (Fsp3) is 0.882. The third-order valence-electron chi connectivity index (χ3n) is 12.7. The highest BCUT2D eigenvalue weighted by Gasteiger charge is 2.68. The SMILES string of the molecule is C[C@@H]1CC[C@@]2(OC1)O[C@H]1C[C@@H]3[C@@H]4CC=C5C[C@@H](OC(=O)CCC(=O)OCOCCO)CC[C@]5(C)[C@H]4CC[C@]3(C)[C@@H]1[C@@H]2C. The highest BCUT2D eigenvalue weighted by Crippen LogP contribution is 2.70. The van der Waals surface area contributed by atoms with Gasteiger partial charge in [0.05, 0.1) is 38.8 Å². The van der Waals surface area contributed by atoms with Crippen LogP contribution >= 0.6 is 0 Å². The Balaban J connectivity index is 1.06. The first kappa shape index (κ1) is 30.5. The van der Waals surface area contributed by atoms with E-state index in [1.54, 1.807) is 0 Å². The number of hydrogen-bond donors (Lipinski definition) is 1. The predicted molar refractivity (Wildman–Crippen MR) is 155 cm³/mol. The minimum atomic E-state index is -0.502. The second-order valence-corrected chi connectivity index (χ2v) is 14.9. The zero-order chi connectivity index (χ0) is 29.7. The lowest BCUT2D eigenvalue weighted by molar-refractivity contribution is -0.272. The van der Waals surface area contributed by atoms with E-state index < -0.39 is 5.97 Å². The molecular formula is C34H52O8. The molecule has 0 amide bonds. The lowest BCUT2D eigenvalue weighted by Gasteiger charge is -2.58. The first-order valence-corrected chi connectivity index (χ1v) is 16.6. The molecule has 11 atom stereocenters. The van der Waals surface area contributed by atoms with Gasteiger partial charge in [0.1, 0.15) is 6.10 Å². The number of fused-ring (bicyclic) bond motifs is 7. The topological polar surface area (TPSA) is 101 Å². The number of rotatable bonds is 8. The van der Waals surface area contributed by atoms with Gasteiger partial charge in [0, 0.05) is 18.8 Å². The largest absolute Gasteiger partial charge is 0.462 e. The van der Waals surface area contributed by atoms with E-state index in [9.17, 15) is 9.59 Å². The lowest BCUT2D eigenvalue weighted by atomic mass is 9.47. The van der Waals surface area contributed by atoms with Crippen molar-refractivity contribution in [2.24, 2.45) is 46.3 Å². The summed E-state index contributed by atoms with van der Waals surface area (Å²) in [6.07, 6.45) is 12.4. The smallest absolute Gasteiger partial charge is 0.308 e. The van der Waals surface area contributed by atoms with Crippen molar-refractivity contribution >= 4 is 11.9 Å². The van der Waals surface area contributed by atoms with Crippen LogP contribution in [0.15, 0.2) is 11.6 Å². The summed E-state index contributed by atoms with van der Waals surface area (Å²) in [6, 6.07) is 0. The molecule has 0 unspecified atom stereocenters. The van der Waals surface area contributed by atoms with Gasteiger partial charge in [0.15, 0.2) is 12.6 Å². The number of ether oxygens (including phenoxy) is 5. The molecule has 42 heavy (non-hydrogen) atoms. The van der Waals surface area contributed by atoms with Crippen LogP contribution in [0.5, 0.6) is 0 Å². The molecule has 2 aliphatic heterocycles. The van der Waals surface area contributed by atoms with E-state index in [1.165, 1.54) is 31.3 Å². The average Bonchev–Trinajstić information content (AvgIpc) is 3.41. The van der Waals surface area contributed by atoms with Crippen LogP contribution in [0.25, 0.3) is 0 Å². The number of aliphatic hydroxyl groups is 1. The van der Waals surface area contributed by atoms with Gasteiger partial charge < -0.3 is 28.8 Å². The molecule has 0 bridgehead atoms. The van der Waals surface area contributed by atoms with Gasteiger partial charge >= 0.3 is 11.9 Å².